The van der Waals surface area contributed by atoms with Crippen LogP contribution in [0.2, 0.25) is 0 Å². The molecule has 0 saturated carbocycles. The number of piperidine rings is 1. The predicted octanol–water partition coefficient (Wildman–Crippen LogP) is 2.24. The fraction of sp³-hybridized carbons (Fsp3) is 0.500. The first-order valence-corrected chi connectivity index (χ1v) is 9.73. The van der Waals surface area contributed by atoms with Gasteiger partial charge in [-0.2, -0.15) is 5.10 Å². The van der Waals surface area contributed by atoms with Gasteiger partial charge in [0.15, 0.2) is 9.84 Å². The molecule has 1 unspecified atom stereocenters. The average molecular weight is 334 g/mol. The van der Waals surface area contributed by atoms with E-state index in [9.17, 15) is 8.42 Å². The van der Waals surface area contributed by atoms with Gasteiger partial charge in [0, 0.05) is 24.7 Å². The highest BCUT2D eigenvalue weighted by Gasteiger charge is 2.30. The lowest BCUT2D eigenvalue weighted by atomic mass is 9.98. The highest BCUT2D eigenvalue weighted by molar-refractivity contribution is 7.90. The Balaban J connectivity index is 1.87. The van der Waals surface area contributed by atoms with Crippen molar-refractivity contribution < 1.29 is 8.42 Å². The molecule has 7 heteroatoms. The van der Waals surface area contributed by atoms with Crippen molar-refractivity contribution in [3.05, 3.63) is 41.5 Å². The lowest BCUT2D eigenvalue weighted by molar-refractivity contribution is 0.135. The molecule has 0 aliphatic carbocycles. The van der Waals surface area contributed by atoms with Gasteiger partial charge < -0.3 is 0 Å². The molecule has 0 amide bonds. The van der Waals surface area contributed by atoms with Crippen LogP contribution in [0, 0.1) is 6.92 Å². The highest BCUT2D eigenvalue weighted by atomic mass is 32.2. The number of aromatic nitrogens is 3. The SMILES string of the molecule is Cc1ccc(CN2CCCCC2c2[nH]ncc2S(C)(=O)=O)cn1. The third-order valence-corrected chi connectivity index (χ3v) is 5.46. The molecule has 2 aromatic rings. The normalized spacial score (nSPS) is 19.8. The van der Waals surface area contributed by atoms with Crippen LogP contribution in [0.3, 0.4) is 0 Å². The van der Waals surface area contributed by atoms with E-state index in [4.69, 9.17) is 0 Å². The summed E-state index contributed by atoms with van der Waals surface area (Å²) in [5.74, 6) is 0. The first-order valence-electron chi connectivity index (χ1n) is 7.84. The molecule has 1 aliphatic rings. The summed E-state index contributed by atoms with van der Waals surface area (Å²) in [6, 6.07) is 4.14. The van der Waals surface area contributed by atoms with Crippen molar-refractivity contribution in [1.29, 1.82) is 0 Å². The molecule has 23 heavy (non-hydrogen) atoms. The fourth-order valence-corrected chi connectivity index (χ4v) is 3.98. The van der Waals surface area contributed by atoms with E-state index in [2.05, 4.69) is 26.1 Å². The quantitative estimate of drug-likeness (QED) is 0.928. The highest BCUT2D eigenvalue weighted by Crippen LogP contribution is 2.34. The molecule has 1 aliphatic heterocycles. The second-order valence-electron chi connectivity index (χ2n) is 6.21. The molecule has 0 aromatic carbocycles. The number of H-pyrrole nitrogens is 1. The number of aromatic amines is 1. The van der Waals surface area contributed by atoms with Crippen molar-refractivity contribution in [2.75, 3.05) is 12.8 Å². The Morgan fingerprint density at radius 3 is 2.83 bits per heavy atom. The topological polar surface area (TPSA) is 79.0 Å². The monoisotopic (exact) mass is 334 g/mol. The van der Waals surface area contributed by atoms with Crippen molar-refractivity contribution in [3.63, 3.8) is 0 Å². The summed E-state index contributed by atoms with van der Waals surface area (Å²) >= 11 is 0. The zero-order valence-corrected chi connectivity index (χ0v) is 14.3. The zero-order chi connectivity index (χ0) is 16.4. The van der Waals surface area contributed by atoms with E-state index in [1.54, 1.807) is 0 Å². The molecule has 0 radical (unpaired) electrons. The Morgan fingerprint density at radius 2 is 2.13 bits per heavy atom. The molecule has 1 fully saturated rings. The number of hydrogen-bond donors (Lipinski definition) is 1. The van der Waals surface area contributed by atoms with Crippen LogP contribution >= 0.6 is 0 Å². The van der Waals surface area contributed by atoms with Gasteiger partial charge in [0.25, 0.3) is 0 Å². The molecule has 0 bridgehead atoms. The number of rotatable bonds is 4. The Labute approximate surface area is 136 Å². The summed E-state index contributed by atoms with van der Waals surface area (Å²) < 4.78 is 23.9. The first-order chi connectivity index (χ1) is 10.9. The zero-order valence-electron chi connectivity index (χ0n) is 13.5. The lowest BCUT2D eigenvalue weighted by Crippen LogP contribution is -2.33. The van der Waals surface area contributed by atoms with Gasteiger partial charge in [-0.3, -0.25) is 15.0 Å². The van der Waals surface area contributed by atoms with Crippen LogP contribution in [-0.2, 0) is 16.4 Å². The van der Waals surface area contributed by atoms with Gasteiger partial charge in [-0.05, 0) is 37.9 Å². The second kappa shape index (κ2) is 6.41. The molecule has 3 rings (SSSR count). The van der Waals surface area contributed by atoms with Crippen LogP contribution in [0.5, 0.6) is 0 Å². The predicted molar refractivity (Wildman–Crippen MR) is 87.7 cm³/mol. The Bertz CT molecular complexity index is 768. The standard InChI is InChI=1S/C16H22N4O2S/c1-12-6-7-13(9-17-12)11-20-8-4-3-5-14(20)16-15(10-18-19-16)23(2,21)22/h6-7,9-10,14H,3-5,8,11H2,1-2H3,(H,18,19). The van der Waals surface area contributed by atoms with Crippen LogP contribution in [0.1, 0.15) is 42.3 Å². The minimum absolute atomic E-state index is 0.0530. The summed E-state index contributed by atoms with van der Waals surface area (Å²) in [5, 5.41) is 6.89. The van der Waals surface area contributed by atoms with Crippen LogP contribution < -0.4 is 0 Å². The van der Waals surface area contributed by atoms with E-state index in [1.807, 2.05) is 19.2 Å². The maximum atomic E-state index is 12.0. The maximum absolute atomic E-state index is 12.0. The molecular weight excluding hydrogens is 312 g/mol. The molecule has 0 spiro atoms. The Morgan fingerprint density at radius 1 is 1.30 bits per heavy atom. The van der Waals surface area contributed by atoms with Gasteiger partial charge >= 0.3 is 0 Å². The molecule has 2 aromatic heterocycles. The minimum atomic E-state index is -3.27. The maximum Gasteiger partial charge on any atom is 0.178 e. The van der Waals surface area contributed by atoms with Crippen molar-refractivity contribution in [2.24, 2.45) is 0 Å². The molecule has 3 heterocycles. The van der Waals surface area contributed by atoms with E-state index in [1.165, 1.54) is 12.5 Å². The smallest absolute Gasteiger partial charge is 0.178 e. The fourth-order valence-electron chi connectivity index (χ4n) is 3.15. The largest absolute Gasteiger partial charge is 0.290 e. The van der Waals surface area contributed by atoms with Crippen LogP contribution in [0.25, 0.3) is 0 Å². The number of sulfone groups is 1. The molecule has 1 atom stereocenters. The van der Waals surface area contributed by atoms with Crippen molar-refractivity contribution in [3.8, 4) is 0 Å². The summed E-state index contributed by atoms with van der Waals surface area (Å²) in [6.07, 6.45) is 7.70. The molecular formula is C16H22N4O2S. The van der Waals surface area contributed by atoms with Crippen LogP contribution in [0.15, 0.2) is 29.4 Å². The van der Waals surface area contributed by atoms with Gasteiger partial charge in [0.05, 0.1) is 17.9 Å². The third kappa shape index (κ3) is 3.61. The molecule has 1 saturated heterocycles. The number of likely N-dealkylation sites (tertiary alicyclic amines) is 1. The van der Waals surface area contributed by atoms with E-state index in [-0.39, 0.29) is 6.04 Å². The van der Waals surface area contributed by atoms with E-state index in [0.717, 1.165) is 43.6 Å². The number of pyridine rings is 1. The van der Waals surface area contributed by atoms with E-state index < -0.39 is 9.84 Å². The van der Waals surface area contributed by atoms with Crippen molar-refractivity contribution in [2.45, 2.75) is 43.7 Å². The number of aryl methyl sites for hydroxylation is 1. The number of hydrogen-bond acceptors (Lipinski definition) is 5. The summed E-state index contributed by atoms with van der Waals surface area (Å²) in [7, 11) is -3.27. The first kappa shape index (κ1) is 16.1. The van der Waals surface area contributed by atoms with E-state index >= 15 is 0 Å². The second-order valence-corrected chi connectivity index (χ2v) is 8.19. The van der Waals surface area contributed by atoms with Gasteiger partial charge in [-0.15, -0.1) is 0 Å². The Hall–Kier alpha value is -1.73. The average Bonchev–Trinajstić information content (AvgIpc) is 3.00. The summed E-state index contributed by atoms with van der Waals surface area (Å²) in [5.41, 5.74) is 2.85. The molecule has 6 nitrogen and oxygen atoms in total. The summed E-state index contributed by atoms with van der Waals surface area (Å²) in [6.45, 7) is 3.68. The minimum Gasteiger partial charge on any atom is -0.290 e. The lowest BCUT2D eigenvalue weighted by Gasteiger charge is -2.35. The van der Waals surface area contributed by atoms with Gasteiger partial charge in [0.1, 0.15) is 4.90 Å². The van der Waals surface area contributed by atoms with Crippen LogP contribution in [0.4, 0.5) is 0 Å². The Kier molecular flexibility index (Phi) is 4.50. The van der Waals surface area contributed by atoms with Crippen molar-refractivity contribution >= 4 is 9.84 Å². The molecule has 1 N–H and O–H groups in total. The van der Waals surface area contributed by atoms with E-state index in [0.29, 0.717) is 10.6 Å². The van der Waals surface area contributed by atoms with Crippen molar-refractivity contribution in [1.82, 2.24) is 20.1 Å². The van der Waals surface area contributed by atoms with Gasteiger partial charge in [-0.1, -0.05) is 12.5 Å². The van der Waals surface area contributed by atoms with Gasteiger partial charge in [0.2, 0.25) is 0 Å². The van der Waals surface area contributed by atoms with Gasteiger partial charge in [-0.25, -0.2) is 8.42 Å². The number of nitrogens with one attached hydrogen (secondary N) is 1. The molecule has 124 valence electrons. The summed E-state index contributed by atoms with van der Waals surface area (Å²) in [4.78, 5) is 6.98. The number of nitrogens with zero attached hydrogens (tertiary/aromatic N) is 3. The third-order valence-electron chi connectivity index (χ3n) is 4.34. The van der Waals surface area contributed by atoms with Crippen LogP contribution in [-0.4, -0.2) is 41.3 Å².